The SMILES string of the molecule is C=C(N)c1ccc2c(c1)ncn2-c1cccc(Cl)c1.COc1ccc(-n2c(C)nc3cc(C(=O)N4CCC(C)CC4)cnc32)cc1.Cc1cnc(-n2cc(Cl)c3cc(C(=O)N4CCC(C)CC4)cnc32)cn1.Cc1nccnc1-n1cc(Cl)c2cc(C(=O)N3CCC(C)CC3)cnc21.NC1CCN(C(=O)c2ccc3c(c2)ncn3-c2cccc(Cl)c2)C1. The zero-order chi connectivity index (χ0) is 85.6. The molecule has 0 bridgehead atoms. The van der Waals surface area contributed by atoms with E-state index >= 15 is 0 Å². The normalized spacial score (nSPS) is 15.2. The average molecular weight is 1710 g/mol. The fourth-order valence-corrected chi connectivity index (χ4v) is 16.3. The summed E-state index contributed by atoms with van der Waals surface area (Å²) in [4.78, 5) is 103. The fourth-order valence-electron chi connectivity index (χ4n) is 15.4. The van der Waals surface area contributed by atoms with Gasteiger partial charge in [-0.25, -0.2) is 39.9 Å². The molecule has 10 aromatic heterocycles. The van der Waals surface area contributed by atoms with E-state index in [1.165, 1.54) is 0 Å². The summed E-state index contributed by atoms with van der Waals surface area (Å²) in [5.41, 5.74) is 26.4. The van der Waals surface area contributed by atoms with Gasteiger partial charge in [0.05, 0.1) is 79.7 Å². The summed E-state index contributed by atoms with van der Waals surface area (Å²) >= 11 is 24.9. The third-order valence-corrected chi connectivity index (χ3v) is 23.7. The Hall–Kier alpha value is -12.5. The maximum atomic E-state index is 12.8. The van der Waals surface area contributed by atoms with Gasteiger partial charge in [0.2, 0.25) is 0 Å². The van der Waals surface area contributed by atoms with Gasteiger partial charge >= 0.3 is 0 Å². The molecule has 4 saturated heterocycles. The van der Waals surface area contributed by atoms with Crippen molar-refractivity contribution in [1.29, 1.82) is 0 Å². The quantitative estimate of drug-likeness (QED) is 0.122. The minimum Gasteiger partial charge on any atom is -0.497 e. The van der Waals surface area contributed by atoms with Gasteiger partial charge < -0.3 is 35.8 Å². The van der Waals surface area contributed by atoms with Crippen molar-refractivity contribution in [2.24, 2.45) is 29.2 Å². The molecule has 30 heteroatoms. The Morgan fingerprint density at radius 3 is 1.40 bits per heavy atom. The number of methoxy groups -OCH3 is 1. The van der Waals surface area contributed by atoms with Crippen LogP contribution in [0, 0.1) is 38.5 Å². The first kappa shape index (κ1) is 84.6. The number of piperidine rings is 3. The van der Waals surface area contributed by atoms with Gasteiger partial charge in [0.1, 0.15) is 41.0 Å². The Balaban J connectivity index is 0.000000119. The number of benzene rings is 5. The molecule has 4 N–H and O–H groups in total. The topological polar surface area (TPSA) is 296 Å². The van der Waals surface area contributed by atoms with Crippen LogP contribution in [-0.4, -0.2) is 181 Å². The van der Waals surface area contributed by atoms with Gasteiger partial charge in [0, 0.05) is 151 Å². The van der Waals surface area contributed by atoms with E-state index in [1.54, 1.807) is 85.0 Å². The molecule has 0 saturated carbocycles. The van der Waals surface area contributed by atoms with E-state index in [0.717, 1.165) is 180 Å². The number of carbonyl (C=O) groups is 4. The van der Waals surface area contributed by atoms with Crippen LogP contribution >= 0.6 is 46.4 Å². The molecule has 0 spiro atoms. The van der Waals surface area contributed by atoms with Gasteiger partial charge in [-0.2, -0.15) is 0 Å². The monoisotopic (exact) mass is 1710 g/mol. The number of hydrogen-bond donors (Lipinski definition) is 2. The molecule has 0 aliphatic carbocycles. The van der Waals surface area contributed by atoms with Crippen molar-refractivity contribution in [2.45, 2.75) is 92.5 Å². The molecular weight excluding hydrogens is 1620 g/mol. The van der Waals surface area contributed by atoms with E-state index < -0.39 is 0 Å². The van der Waals surface area contributed by atoms with E-state index in [-0.39, 0.29) is 29.7 Å². The summed E-state index contributed by atoms with van der Waals surface area (Å²) in [7, 11) is 1.65. The van der Waals surface area contributed by atoms with Crippen LogP contribution in [0.4, 0.5) is 0 Å². The van der Waals surface area contributed by atoms with Crippen LogP contribution in [0.2, 0.25) is 20.1 Å². The third kappa shape index (κ3) is 18.8. The molecule has 4 fully saturated rings. The number of aromatic nitrogens is 15. The van der Waals surface area contributed by atoms with Crippen LogP contribution in [0.1, 0.15) is 130 Å². The molecule has 15 aromatic rings. The van der Waals surface area contributed by atoms with Crippen molar-refractivity contribution >= 4 is 131 Å². The number of pyridine rings is 3. The number of fused-ring (bicyclic) bond motifs is 5. The summed E-state index contributed by atoms with van der Waals surface area (Å²) in [5.74, 6) is 5.11. The lowest BCUT2D eigenvalue weighted by Gasteiger charge is -2.30. The molecule has 122 heavy (non-hydrogen) atoms. The van der Waals surface area contributed by atoms with Gasteiger partial charge in [-0.15, -0.1) is 0 Å². The number of carbonyl (C=O) groups excluding carboxylic acids is 4. The zero-order valence-corrected chi connectivity index (χ0v) is 71.8. The maximum absolute atomic E-state index is 12.8. The first-order chi connectivity index (χ1) is 58.9. The molecule has 19 rings (SSSR count). The number of imidazole rings is 3. The predicted octanol–water partition coefficient (Wildman–Crippen LogP) is 17.4. The summed E-state index contributed by atoms with van der Waals surface area (Å²) in [6.07, 6.45) is 25.8. The number of likely N-dealkylation sites (tertiary alicyclic amines) is 4. The van der Waals surface area contributed by atoms with Crippen molar-refractivity contribution < 1.29 is 23.9 Å². The van der Waals surface area contributed by atoms with Crippen LogP contribution in [0.3, 0.4) is 0 Å². The van der Waals surface area contributed by atoms with Gasteiger partial charge in [-0.3, -0.25) is 52.0 Å². The Morgan fingerprint density at radius 1 is 0.451 bits per heavy atom. The Labute approximate surface area is 725 Å². The molecule has 4 amide bonds. The summed E-state index contributed by atoms with van der Waals surface area (Å²) < 4.78 is 14.8. The largest absolute Gasteiger partial charge is 0.497 e. The molecule has 4 aliphatic heterocycles. The van der Waals surface area contributed by atoms with Crippen LogP contribution in [-0.2, 0) is 0 Å². The predicted molar refractivity (Wildman–Crippen MR) is 480 cm³/mol. The summed E-state index contributed by atoms with van der Waals surface area (Å²) in [5, 5.41) is 3.94. The van der Waals surface area contributed by atoms with E-state index in [1.807, 2.05) is 181 Å². The first-order valence-corrected chi connectivity index (χ1v) is 42.1. The highest BCUT2D eigenvalue weighted by Gasteiger charge is 2.29. The van der Waals surface area contributed by atoms with Crippen molar-refractivity contribution in [3.05, 3.63) is 268 Å². The zero-order valence-electron chi connectivity index (χ0n) is 68.8. The number of amides is 4. The second kappa shape index (κ2) is 37.3. The van der Waals surface area contributed by atoms with E-state index in [4.69, 9.17) is 62.6 Å². The average Bonchev–Trinajstić information content (AvgIpc) is 1.63. The van der Waals surface area contributed by atoms with Crippen LogP contribution in [0.25, 0.3) is 89.7 Å². The smallest absolute Gasteiger partial charge is 0.255 e. The highest BCUT2D eigenvalue weighted by Crippen LogP contribution is 2.34. The number of nitrogens with two attached hydrogens (primary N) is 2. The van der Waals surface area contributed by atoms with E-state index in [2.05, 4.69) is 77.2 Å². The number of aryl methyl sites for hydroxylation is 3. The van der Waals surface area contributed by atoms with Crippen LogP contribution < -0.4 is 16.2 Å². The van der Waals surface area contributed by atoms with Gasteiger partial charge in [-0.05, 0) is 198 Å². The second-order valence-corrected chi connectivity index (χ2v) is 33.2. The first-order valence-electron chi connectivity index (χ1n) is 40.6. The molecule has 1 unspecified atom stereocenters. The van der Waals surface area contributed by atoms with E-state index in [9.17, 15) is 19.2 Å². The number of nitrogens with zero attached hydrogens (tertiary/aromatic N) is 19. The molecule has 4 aliphatic rings. The molecular formula is C92H93Cl4N21O5. The summed E-state index contributed by atoms with van der Waals surface area (Å²) in [6, 6.07) is 40.1. The van der Waals surface area contributed by atoms with Crippen LogP contribution in [0.5, 0.6) is 5.75 Å². The molecule has 624 valence electrons. The Kier molecular flexibility index (Phi) is 25.8. The minimum absolute atomic E-state index is 0.0159. The van der Waals surface area contributed by atoms with Crippen molar-refractivity contribution in [3.8, 4) is 34.4 Å². The second-order valence-electron chi connectivity index (χ2n) is 31.5. The standard InChI is InChI=1S/C21H24N4O2.2C19H20ClN5O.C18H17ClN4O.C15H12ClN3/c1-14-8-10-24(11-9-14)21(26)16-12-19-20(22-13-16)25(15(2)23-19)17-4-6-18(27-3)7-5-17;1-12-3-7-24(8-4-12)19(26)14-9-15-16(20)11-25(18(15)23-10-14)17-13(2)21-5-6-22-17;1-12-3-5-24(6-4-12)19(26)14-7-15-16(20)11-25(18(15)23-9-14)17-10-21-13(2)8-22-17;19-13-2-1-3-15(9-13)23-11-21-16-8-12(4-5-17(16)23)18(24)22-7-6-14(20)10-22;1-10(17)11-5-6-15-14(7-11)18-9-19(15)13-4-2-3-12(16)8-13/h4-7,12-14H,8-11H2,1-3H3;5-6,9-12H,3-4,7-8H2,1-2H3;7-12H,3-6H2,1-2H3;1-5,8-9,11,14H,6-7,10,20H2;2-9H,1,17H2. The van der Waals surface area contributed by atoms with Crippen molar-refractivity contribution in [3.63, 3.8) is 0 Å². The van der Waals surface area contributed by atoms with Crippen molar-refractivity contribution in [1.82, 2.24) is 92.3 Å². The highest BCUT2D eigenvalue weighted by atomic mass is 35.5. The Morgan fingerprint density at radius 2 is 0.918 bits per heavy atom. The third-order valence-electron chi connectivity index (χ3n) is 22.6. The summed E-state index contributed by atoms with van der Waals surface area (Å²) in [6.45, 7) is 22.3. The van der Waals surface area contributed by atoms with E-state index in [0.29, 0.717) is 95.3 Å². The van der Waals surface area contributed by atoms with Crippen molar-refractivity contribution in [2.75, 3.05) is 59.5 Å². The minimum atomic E-state index is 0.0159. The molecule has 1 atom stereocenters. The lowest BCUT2D eigenvalue weighted by atomic mass is 9.99. The number of halogens is 4. The molecule has 14 heterocycles. The number of ether oxygens (including phenoxy) is 1. The molecule has 0 radical (unpaired) electrons. The maximum Gasteiger partial charge on any atom is 0.255 e. The lowest BCUT2D eigenvalue weighted by molar-refractivity contribution is 0.0689. The lowest BCUT2D eigenvalue weighted by Crippen LogP contribution is -2.37. The molecule has 5 aromatic carbocycles. The van der Waals surface area contributed by atoms with Gasteiger partial charge in [0.25, 0.3) is 23.6 Å². The Bertz CT molecular complexity index is 6380. The highest BCUT2D eigenvalue weighted by molar-refractivity contribution is 6.36. The fraction of sp³-hybridized carbons (Fsp3) is 0.283. The number of hydrogen-bond acceptors (Lipinski definition) is 17. The molecule has 26 nitrogen and oxygen atoms in total. The van der Waals surface area contributed by atoms with Gasteiger partial charge in [-0.1, -0.05) is 92.0 Å². The number of rotatable bonds is 11. The van der Waals surface area contributed by atoms with Gasteiger partial charge in [0.15, 0.2) is 17.3 Å². The van der Waals surface area contributed by atoms with Crippen LogP contribution in [0.15, 0.2) is 202 Å².